The van der Waals surface area contributed by atoms with Crippen LogP contribution in [0.5, 0.6) is 0 Å². The molecule has 7 heteroatoms. The van der Waals surface area contributed by atoms with Crippen LogP contribution >= 0.6 is 11.3 Å². The molecule has 6 nitrogen and oxygen atoms in total. The summed E-state index contributed by atoms with van der Waals surface area (Å²) in [5, 5.41) is 7.66. The first-order valence-corrected chi connectivity index (χ1v) is 12.7. The third-order valence-electron chi connectivity index (χ3n) is 6.51. The van der Waals surface area contributed by atoms with Crippen molar-refractivity contribution in [3.63, 3.8) is 0 Å². The lowest BCUT2D eigenvalue weighted by Crippen LogP contribution is -2.48. The number of aryl methyl sites for hydroxylation is 1. The average molecular weight is 480 g/mol. The van der Waals surface area contributed by atoms with Crippen molar-refractivity contribution >= 4 is 34.0 Å². The molecular formula is C28H25N5OS. The zero-order chi connectivity index (χ0) is 23.8. The molecule has 0 bridgehead atoms. The molecule has 0 spiro atoms. The largest absolute Gasteiger partial charge is 0.368 e. The van der Waals surface area contributed by atoms with Gasteiger partial charge in [0.25, 0.3) is 5.91 Å². The maximum atomic E-state index is 13.9. The first kappa shape index (κ1) is 21.6. The molecule has 1 fully saturated rings. The number of amides is 1. The Morgan fingerprint density at radius 3 is 2.20 bits per heavy atom. The summed E-state index contributed by atoms with van der Waals surface area (Å²) in [7, 11) is 0. The van der Waals surface area contributed by atoms with E-state index in [4.69, 9.17) is 10.1 Å². The van der Waals surface area contributed by atoms with Crippen LogP contribution in [0.3, 0.4) is 0 Å². The Kier molecular flexibility index (Phi) is 5.54. The molecule has 0 aliphatic carbocycles. The monoisotopic (exact) mass is 479 g/mol. The summed E-state index contributed by atoms with van der Waals surface area (Å²) in [5.74, 6) is 0.0404. The number of nitrogens with zero attached hydrogens (tertiary/aromatic N) is 5. The summed E-state index contributed by atoms with van der Waals surface area (Å²) < 4.78 is 1.85. The minimum Gasteiger partial charge on any atom is -0.368 e. The van der Waals surface area contributed by atoms with Gasteiger partial charge < -0.3 is 9.80 Å². The summed E-state index contributed by atoms with van der Waals surface area (Å²) in [6.07, 6.45) is 0. The maximum Gasteiger partial charge on any atom is 0.254 e. The van der Waals surface area contributed by atoms with Gasteiger partial charge in [0.1, 0.15) is 0 Å². The number of pyridine rings is 1. The minimum atomic E-state index is 0.0404. The molecule has 174 valence electrons. The van der Waals surface area contributed by atoms with E-state index >= 15 is 0 Å². The molecule has 3 aromatic heterocycles. The van der Waals surface area contributed by atoms with E-state index in [-0.39, 0.29) is 5.91 Å². The van der Waals surface area contributed by atoms with Crippen molar-refractivity contribution in [2.24, 2.45) is 0 Å². The highest BCUT2D eigenvalue weighted by molar-refractivity contribution is 7.13. The zero-order valence-electron chi connectivity index (χ0n) is 19.5. The Bertz CT molecular complexity index is 1470. The van der Waals surface area contributed by atoms with Crippen LogP contribution < -0.4 is 4.90 Å². The molecule has 5 aromatic rings. The van der Waals surface area contributed by atoms with Crippen LogP contribution in [-0.4, -0.2) is 51.8 Å². The molecule has 0 N–H and O–H groups in total. The van der Waals surface area contributed by atoms with E-state index in [1.54, 1.807) is 11.3 Å². The molecule has 1 saturated heterocycles. The molecule has 35 heavy (non-hydrogen) atoms. The van der Waals surface area contributed by atoms with Crippen LogP contribution in [0.2, 0.25) is 0 Å². The van der Waals surface area contributed by atoms with Crippen LogP contribution in [0, 0.1) is 6.92 Å². The van der Waals surface area contributed by atoms with Crippen LogP contribution in [0.25, 0.3) is 27.3 Å². The van der Waals surface area contributed by atoms with E-state index in [0.717, 1.165) is 40.4 Å². The number of carbonyl (C=O) groups is 1. The lowest BCUT2D eigenvalue weighted by Gasteiger charge is -2.36. The molecule has 2 aromatic carbocycles. The second-order valence-electron chi connectivity index (χ2n) is 8.68. The van der Waals surface area contributed by atoms with Crippen LogP contribution in [0.15, 0.2) is 84.2 Å². The summed E-state index contributed by atoms with van der Waals surface area (Å²) in [4.78, 5) is 24.2. The van der Waals surface area contributed by atoms with E-state index < -0.39 is 0 Å². The lowest BCUT2D eigenvalue weighted by molar-refractivity contribution is 0.0748. The summed E-state index contributed by atoms with van der Waals surface area (Å²) in [6, 6.07) is 26.4. The highest BCUT2D eigenvalue weighted by atomic mass is 32.1. The van der Waals surface area contributed by atoms with Crippen molar-refractivity contribution in [1.82, 2.24) is 19.7 Å². The third-order valence-corrected chi connectivity index (χ3v) is 7.40. The molecule has 1 aliphatic heterocycles. The second-order valence-corrected chi connectivity index (χ2v) is 9.63. The number of thiophene rings is 1. The molecule has 0 saturated carbocycles. The summed E-state index contributed by atoms with van der Waals surface area (Å²) in [6.45, 7) is 4.93. The summed E-state index contributed by atoms with van der Waals surface area (Å²) >= 11 is 1.62. The fourth-order valence-corrected chi connectivity index (χ4v) is 5.42. The van der Waals surface area contributed by atoms with Gasteiger partial charge in [0, 0.05) is 31.9 Å². The van der Waals surface area contributed by atoms with Crippen molar-refractivity contribution < 1.29 is 4.79 Å². The Morgan fingerprint density at radius 2 is 1.54 bits per heavy atom. The van der Waals surface area contributed by atoms with E-state index in [0.29, 0.717) is 24.3 Å². The maximum absolute atomic E-state index is 13.9. The van der Waals surface area contributed by atoms with Gasteiger partial charge in [0.2, 0.25) is 0 Å². The standard InChI is InChI=1S/C28H25N5OS/c1-20-26-23(28(34)32-16-14-31(15-17-32)21-9-4-2-5-10-21)19-24(25-13-8-18-35-25)29-27(26)33(30-20)22-11-6-3-7-12-22/h2-13,18-19H,14-17H2,1H3. The fraction of sp³-hybridized carbons (Fsp3) is 0.179. The first-order valence-electron chi connectivity index (χ1n) is 11.8. The number of hydrogen-bond donors (Lipinski definition) is 0. The number of benzene rings is 2. The van der Waals surface area contributed by atoms with Gasteiger partial charge in [-0.2, -0.15) is 5.10 Å². The number of fused-ring (bicyclic) bond motifs is 1. The molecule has 0 unspecified atom stereocenters. The molecule has 0 atom stereocenters. The fourth-order valence-electron chi connectivity index (χ4n) is 4.73. The van der Waals surface area contributed by atoms with Crippen LogP contribution in [0.4, 0.5) is 5.69 Å². The first-order chi connectivity index (χ1) is 17.2. The third kappa shape index (κ3) is 3.98. The Hall–Kier alpha value is -3.97. The number of anilines is 1. The number of hydrogen-bond acceptors (Lipinski definition) is 5. The molecule has 4 heterocycles. The van der Waals surface area contributed by atoms with E-state index in [1.807, 2.05) is 76.5 Å². The molecular weight excluding hydrogens is 454 g/mol. The van der Waals surface area contributed by atoms with Gasteiger partial charge in [0.05, 0.1) is 32.9 Å². The minimum absolute atomic E-state index is 0.0404. The highest BCUT2D eigenvalue weighted by Crippen LogP contribution is 2.31. The Morgan fingerprint density at radius 1 is 0.857 bits per heavy atom. The SMILES string of the molecule is Cc1nn(-c2ccccc2)c2nc(-c3cccs3)cc(C(=O)N3CCN(c4ccccc4)CC3)c12. The van der Waals surface area contributed by atoms with Crippen molar-refractivity contribution in [3.8, 4) is 16.3 Å². The lowest BCUT2D eigenvalue weighted by atomic mass is 10.1. The Labute approximate surface area is 208 Å². The van der Waals surface area contributed by atoms with Crippen molar-refractivity contribution in [2.75, 3.05) is 31.1 Å². The van der Waals surface area contributed by atoms with Gasteiger partial charge in [-0.15, -0.1) is 11.3 Å². The number of aromatic nitrogens is 3. The van der Waals surface area contributed by atoms with Gasteiger partial charge in [-0.05, 0) is 48.7 Å². The number of carbonyl (C=O) groups excluding carboxylic acids is 1. The number of rotatable bonds is 4. The predicted molar refractivity (Wildman–Crippen MR) is 141 cm³/mol. The van der Waals surface area contributed by atoms with E-state index in [1.165, 1.54) is 5.69 Å². The molecule has 6 rings (SSSR count). The van der Waals surface area contributed by atoms with Crippen LogP contribution in [0.1, 0.15) is 16.1 Å². The summed E-state index contributed by atoms with van der Waals surface area (Å²) in [5.41, 5.74) is 5.12. The van der Waals surface area contributed by atoms with Gasteiger partial charge in [-0.25, -0.2) is 9.67 Å². The molecule has 0 radical (unpaired) electrons. The smallest absolute Gasteiger partial charge is 0.254 e. The van der Waals surface area contributed by atoms with Gasteiger partial charge in [-0.1, -0.05) is 42.5 Å². The average Bonchev–Trinajstić information content (AvgIpc) is 3.58. The van der Waals surface area contributed by atoms with Gasteiger partial charge >= 0.3 is 0 Å². The molecule has 1 aliphatic rings. The van der Waals surface area contributed by atoms with Gasteiger partial charge in [-0.3, -0.25) is 4.79 Å². The van der Waals surface area contributed by atoms with Gasteiger partial charge in [0.15, 0.2) is 5.65 Å². The quantitative estimate of drug-likeness (QED) is 0.345. The van der Waals surface area contributed by atoms with E-state index in [9.17, 15) is 4.79 Å². The highest BCUT2D eigenvalue weighted by Gasteiger charge is 2.27. The van der Waals surface area contributed by atoms with Crippen LogP contribution in [-0.2, 0) is 0 Å². The van der Waals surface area contributed by atoms with Crippen molar-refractivity contribution in [3.05, 3.63) is 95.5 Å². The molecule has 1 amide bonds. The van der Waals surface area contributed by atoms with E-state index in [2.05, 4.69) is 29.2 Å². The normalized spacial score (nSPS) is 14.0. The van der Waals surface area contributed by atoms with Crippen molar-refractivity contribution in [1.29, 1.82) is 0 Å². The second kappa shape index (κ2) is 9.00. The number of para-hydroxylation sites is 2. The Balaban J connectivity index is 1.40. The number of piperazine rings is 1. The van der Waals surface area contributed by atoms with Crippen molar-refractivity contribution in [2.45, 2.75) is 6.92 Å². The zero-order valence-corrected chi connectivity index (χ0v) is 20.3. The topological polar surface area (TPSA) is 54.3 Å². The predicted octanol–water partition coefficient (Wildman–Crippen LogP) is 5.42.